The van der Waals surface area contributed by atoms with Crippen molar-refractivity contribution in [1.82, 2.24) is 21.3 Å². The molecule has 1 rings (SSSR count). The molecule has 0 amide bonds. The minimum Gasteiger partial charge on any atom is -0.366 e. The predicted octanol–water partition coefficient (Wildman–Crippen LogP) is 0.485. The number of thiocarbonyl (C=S) groups is 2. The molecule has 16 heavy (non-hydrogen) atoms. The van der Waals surface area contributed by atoms with E-state index in [2.05, 4.69) is 21.3 Å². The highest BCUT2D eigenvalue weighted by Gasteiger charge is 2.25. The van der Waals surface area contributed by atoms with Crippen molar-refractivity contribution in [1.29, 1.82) is 0 Å². The Morgan fingerprint density at radius 2 is 1.25 bits per heavy atom. The third-order valence-electron chi connectivity index (χ3n) is 2.85. The third kappa shape index (κ3) is 4.09. The van der Waals surface area contributed by atoms with E-state index in [1.807, 2.05) is 14.1 Å². The first-order valence-electron chi connectivity index (χ1n) is 5.64. The van der Waals surface area contributed by atoms with E-state index in [4.69, 9.17) is 24.4 Å². The highest BCUT2D eigenvalue weighted by atomic mass is 32.1. The Hall–Kier alpha value is -0.620. The molecule has 0 aromatic rings. The molecular weight excluding hydrogens is 240 g/mol. The number of nitrogens with one attached hydrogen (secondary N) is 4. The van der Waals surface area contributed by atoms with Gasteiger partial charge in [-0.3, -0.25) is 0 Å². The maximum absolute atomic E-state index is 5.13. The number of rotatable bonds is 2. The summed E-state index contributed by atoms with van der Waals surface area (Å²) in [6.45, 7) is 0. The fourth-order valence-corrected chi connectivity index (χ4v) is 2.26. The molecule has 1 aliphatic rings. The minimum atomic E-state index is 0.361. The topological polar surface area (TPSA) is 48.1 Å². The van der Waals surface area contributed by atoms with Crippen LogP contribution in [0.1, 0.15) is 25.7 Å². The highest BCUT2D eigenvalue weighted by Crippen LogP contribution is 2.18. The van der Waals surface area contributed by atoms with Crippen molar-refractivity contribution in [2.45, 2.75) is 37.8 Å². The zero-order valence-electron chi connectivity index (χ0n) is 9.80. The fraction of sp³-hybridized carbons (Fsp3) is 0.800. The Labute approximate surface area is 108 Å². The molecule has 2 atom stereocenters. The van der Waals surface area contributed by atoms with Gasteiger partial charge in [-0.15, -0.1) is 0 Å². The van der Waals surface area contributed by atoms with Gasteiger partial charge in [0, 0.05) is 26.2 Å². The Bertz CT molecular complexity index is 231. The minimum absolute atomic E-state index is 0.361. The molecule has 6 heteroatoms. The van der Waals surface area contributed by atoms with Crippen LogP contribution in [0.5, 0.6) is 0 Å². The summed E-state index contributed by atoms with van der Waals surface area (Å²) in [6, 6.07) is 0.722. The van der Waals surface area contributed by atoms with E-state index >= 15 is 0 Å². The van der Waals surface area contributed by atoms with Crippen LogP contribution >= 0.6 is 24.4 Å². The van der Waals surface area contributed by atoms with E-state index in [1.165, 1.54) is 12.8 Å². The molecule has 1 saturated carbocycles. The van der Waals surface area contributed by atoms with Gasteiger partial charge in [-0.05, 0) is 37.3 Å². The zero-order chi connectivity index (χ0) is 12.0. The third-order valence-corrected chi connectivity index (χ3v) is 3.50. The second kappa shape index (κ2) is 6.85. The first-order valence-corrected chi connectivity index (χ1v) is 6.45. The lowest BCUT2D eigenvalue weighted by molar-refractivity contribution is 0.337. The van der Waals surface area contributed by atoms with E-state index in [0.717, 1.165) is 12.8 Å². The molecule has 0 saturated heterocycles. The Morgan fingerprint density at radius 1 is 0.875 bits per heavy atom. The molecule has 1 aliphatic carbocycles. The number of hydrogen-bond donors (Lipinski definition) is 4. The Balaban J connectivity index is 2.49. The standard InChI is InChI=1S/C10H20N4S2/c1-11-9(15)13-7-5-3-4-6-8(7)14-10(16)12-2/h7-8H,3-6H2,1-2H3,(H2,11,13,15)(H2,12,14,16)/t7-,8-/m0/s1. The largest absolute Gasteiger partial charge is 0.366 e. The van der Waals surface area contributed by atoms with Gasteiger partial charge in [-0.25, -0.2) is 0 Å². The maximum atomic E-state index is 5.13. The summed E-state index contributed by atoms with van der Waals surface area (Å²) in [4.78, 5) is 0. The van der Waals surface area contributed by atoms with Crippen LogP contribution in [-0.2, 0) is 0 Å². The van der Waals surface area contributed by atoms with Crippen molar-refractivity contribution in [2.24, 2.45) is 0 Å². The monoisotopic (exact) mass is 260 g/mol. The fourth-order valence-electron chi connectivity index (χ4n) is 1.96. The molecule has 92 valence electrons. The summed E-state index contributed by atoms with van der Waals surface area (Å²) < 4.78 is 0. The lowest BCUT2D eigenvalue weighted by Crippen LogP contribution is -2.55. The lowest BCUT2D eigenvalue weighted by Gasteiger charge is -2.34. The van der Waals surface area contributed by atoms with E-state index in [9.17, 15) is 0 Å². The molecular formula is C10H20N4S2. The van der Waals surface area contributed by atoms with Crippen LogP contribution in [0.2, 0.25) is 0 Å². The molecule has 0 heterocycles. The van der Waals surface area contributed by atoms with Crippen molar-refractivity contribution in [3.05, 3.63) is 0 Å². The van der Waals surface area contributed by atoms with E-state index in [0.29, 0.717) is 22.3 Å². The van der Waals surface area contributed by atoms with Crippen LogP contribution < -0.4 is 21.3 Å². The summed E-state index contributed by atoms with van der Waals surface area (Å²) in [7, 11) is 3.66. The molecule has 0 aromatic carbocycles. The Kier molecular flexibility index (Phi) is 5.76. The summed E-state index contributed by atoms with van der Waals surface area (Å²) in [5.41, 5.74) is 0. The molecule has 0 spiro atoms. The van der Waals surface area contributed by atoms with E-state index in [1.54, 1.807) is 0 Å². The molecule has 1 fully saturated rings. The van der Waals surface area contributed by atoms with Gasteiger partial charge in [0.1, 0.15) is 0 Å². The smallest absolute Gasteiger partial charge is 0.166 e. The lowest BCUT2D eigenvalue weighted by atomic mass is 9.90. The van der Waals surface area contributed by atoms with Crippen LogP contribution in [0.4, 0.5) is 0 Å². The SMILES string of the molecule is CNC(=S)N[C@H]1CCCC[C@@H]1NC(=S)NC. The Morgan fingerprint density at radius 3 is 1.56 bits per heavy atom. The first kappa shape index (κ1) is 13.4. The summed E-state index contributed by atoms with van der Waals surface area (Å²) in [5, 5.41) is 13.9. The van der Waals surface area contributed by atoms with Gasteiger partial charge in [0.2, 0.25) is 0 Å². The first-order chi connectivity index (χ1) is 7.67. The van der Waals surface area contributed by atoms with Crippen LogP contribution in [-0.4, -0.2) is 36.4 Å². The van der Waals surface area contributed by atoms with Crippen molar-refractivity contribution in [2.75, 3.05) is 14.1 Å². The molecule has 0 aliphatic heterocycles. The summed E-state index contributed by atoms with van der Waals surface area (Å²) in [5.74, 6) is 0. The second-order valence-electron chi connectivity index (χ2n) is 3.94. The van der Waals surface area contributed by atoms with Crippen molar-refractivity contribution in [3.8, 4) is 0 Å². The van der Waals surface area contributed by atoms with Gasteiger partial charge in [-0.1, -0.05) is 12.8 Å². The van der Waals surface area contributed by atoms with Crippen LogP contribution in [0.15, 0.2) is 0 Å². The molecule has 0 bridgehead atoms. The van der Waals surface area contributed by atoms with Gasteiger partial charge in [0.15, 0.2) is 10.2 Å². The van der Waals surface area contributed by atoms with Crippen LogP contribution in [0.25, 0.3) is 0 Å². The normalized spacial score (nSPS) is 24.4. The van der Waals surface area contributed by atoms with Crippen molar-refractivity contribution in [3.63, 3.8) is 0 Å². The van der Waals surface area contributed by atoms with Gasteiger partial charge in [0.25, 0.3) is 0 Å². The van der Waals surface area contributed by atoms with Gasteiger partial charge in [-0.2, -0.15) is 0 Å². The molecule has 0 unspecified atom stereocenters. The van der Waals surface area contributed by atoms with Crippen molar-refractivity contribution < 1.29 is 0 Å². The van der Waals surface area contributed by atoms with Crippen molar-refractivity contribution >= 4 is 34.7 Å². The average molecular weight is 260 g/mol. The number of hydrogen-bond acceptors (Lipinski definition) is 2. The van der Waals surface area contributed by atoms with E-state index < -0.39 is 0 Å². The zero-order valence-corrected chi connectivity index (χ0v) is 11.4. The maximum Gasteiger partial charge on any atom is 0.166 e. The highest BCUT2D eigenvalue weighted by molar-refractivity contribution is 7.80. The molecule has 0 aromatic heterocycles. The quantitative estimate of drug-likeness (QED) is 0.542. The van der Waals surface area contributed by atoms with Gasteiger partial charge < -0.3 is 21.3 Å². The van der Waals surface area contributed by atoms with E-state index in [-0.39, 0.29) is 0 Å². The average Bonchev–Trinajstić information content (AvgIpc) is 2.31. The molecule has 0 radical (unpaired) electrons. The predicted molar refractivity (Wildman–Crippen MR) is 75.6 cm³/mol. The molecule has 4 N–H and O–H groups in total. The van der Waals surface area contributed by atoms with Crippen LogP contribution in [0, 0.1) is 0 Å². The van der Waals surface area contributed by atoms with Gasteiger partial charge in [0.05, 0.1) is 0 Å². The van der Waals surface area contributed by atoms with Crippen LogP contribution in [0.3, 0.4) is 0 Å². The second-order valence-corrected chi connectivity index (χ2v) is 4.76. The summed E-state index contributed by atoms with van der Waals surface area (Å²) in [6.07, 6.45) is 4.75. The summed E-state index contributed by atoms with van der Waals surface area (Å²) >= 11 is 10.3. The molecule has 4 nitrogen and oxygen atoms in total. The van der Waals surface area contributed by atoms with Gasteiger partial charge >= 0.3 is 0 Å².